The molecule has 3 aromatic rings. The summed E-state index contributed by atoms with van der Waals surface area (Å²) in [6, 6.07) is 1.54. The fourth-order valence-corrected chi connectivity index (χ4v) is 6.20. The van der Waals surface area contributed by atoms with E-state index in [1.165, 1.54) is 36.6 Å². The first kappa shape index (κ1) is 21.5. The van der Waals surface area contributed by atoms with Gasteiger partial charge in [-0.1, -0.05) is 0 Å². The van der Waals surface area contributed by atoms with Gasteiger partial charge in [0.05, 0.1) is 44.1 Å². The van der Waals surface area contributed by atoms with Gasteiger partial charge in [-0.2, -0.15) is 5.10 Å². The summed E-state index contributed by atoms with van der Waals surface area (Å²) in [7, 11) is 0. The molecule has 2 saturated heterocycles. The Morgan fingerprint density at radius 3 is 2.64 bits per heavy atom. The highest BCUT2D eigenvalue weighted by Gasteiger charge is 2.28. The van der Waals surface area contributed by atoms with E-state index in [-0.39, 0.29) is 0 Å². The number of morpholine rings is 1. The number of thiophene rings is 1. The highest BCUT2D eigenvalue weighted by Crippen LogP contribution is 2.33. The molecule has 0 aromatic carbocycles. The molecule has 0 radical (unpaired) electrons. The number of rotatable bonds is 6. The minimum Gasteiger partial charge on any atom is -0.379 e. The van der Waals surface area contributed by atoms with Crippen molar-refractivity contribution in [2.45, 2.75) is 57.2 Å². The topological polar surface area (TPSA) is 77.3 Å². The summed E-state index contributed by atoms with van der Waals surface area (Å²) in [4.78, 5) is 13.6. The van der Waals surface area contributed by atoms with Crippen molar-refractivity contribution in [3.63, 3.8) is 0 Å². The lowest BCUT2D eigenvalue weighted by Crippen LogP contribution is -2.46. The quantitative estimate of drug-likeness (QED) is 0.594. The largest absolute Gasteiger partial charge is 0.379 e. The van der Waals surface area contributed by atoms with E-state index in [9.17, 15) is 0 Å². The maximum Gasteiger partial charge on any atom is 0.139 e. The maximum absolute atomic E-state index is 5.53. The smallest absolute Gasteiger partial charge is 0.139 e. The average molecular weight is 469 g/mol. The third kappa shape index (κ3) is 4.51. The number of hydrogen-bond acceptors (Lipinski definition) is 8. The number of hydrogen-bond donors (Lipinski definition) is 1. The molecule has 0 bridgehead atoms. The van der Waals surface area contributed by atoms with Gasteiger partial charge in [0.2, 0.25) is 0 Å². The molecule has 3 aromatic heterocycles. The number of nitrogens with zero attached hydrogens (tertiary/aromatic N) is 5. The molecule has 0 atom stereocenters. The van der Waals surface area contributed by atoms with Crippen LogP contribution in [0.4, 0.5) is 5.82 Å². The summed E-state index contributed by atoms with van der Waals surface area (Å²) in [6.07, 6.45) is 9.59. The van der Waals surface area contributed by atoms with Crippen molar-refractivity contribution in [2.24, 2.45) is 0 Å². The van der Waals surface area contributed by atoms with Crippen LogP contribution in [0.2, 0.25) is 0 Å². The molecule has 3 fully saturated rings. The van der Waals surface area contributed by atoms with E-state index in [2.05, 4.69) is 33.8 Å². The molecule has 1 aliphatic carbocycles. The highest BCUT2D eigenvalue weighted by molar-refractivity contribution is 7.17. The van der Waals surface area contributed by atoms with Gasteiger partial charge in [0.25, 0.3) is 0 Å². The molecular weight excluding hydrogens is 436 g/mol. The summed E-state index contributed by atoms with van der Waals surface area (Å²) in [5.41, 5.74) is 2.40. The molecule has 8 nitrogen and oxygen atoms in total. The Kier molecular flexibility index (Phi) is 6.04. The van der Waals surface area contributed by atoms with Gasteiger partial charge in [-0.3, -0.25) is 9.58 Å². The monoisotopic (exact) mass is 468 g/mol. The van der Waals surface area contributed by atoms with Crippen molar-refractivity contribution >= 4 is 27.4 Å². The van der Waals surface area contributed by atoms with Crippen LogP contribution >= 0.6 is 11.3 Å². The Hall–Kier alpha value is -2.07. The van der Waals surface area contributed by atoms with Gasteiger partial charge in [-0.05, 0) is 49.1 Å². The number of ether oxygens (including phenoxy) is 2. The number of fused-ring (bicyclic) bond motifs is 1. The second kappa shape index (κ2) is 9.29. The molecule has 5 heterocycles. The summed E-state index contributed by atoms with van der Waals surface area (Å²) in [5.74, 6) is 1.86. The molecule has 0 spiro atoms. The lowest BCUT2D eigenvalue weighted by molar-refractivity contribution is -0.0286. The van der Waals surface area contributed by atoms with Crippen LogP contribution in [0.5, 0.6) is 0 Å². The first-order valence-electron chi connectivity index (χ1n) is 12.2. The van der Waals surface area contributed by atoms with E-state index in [0.29, 0.717) is 24.5 Å². The molecule has 2 aliphatic heterocycles. The van der Waals surface area contributed by atoms with Gasteiger partial charge in [-0.25, -0.2) is 9.97 Å². The SMILES string of the molecule is Cc1csc2nc(Cc3cnn(C4COC4)c3)nc(NC3CCC(N4CCOCC4)CC3)c12. The standard InChI is InChI=1S/C24H32N6O2S/c1-16-15-33-24-22(16)23(26-18-2-4-19(5-3-18)29-6-8-31-9-7-29)27-21(28-24)10-17-11-25-30(12-17)20-13-32-14-20/h11-12,15,18-20H,2-10,13-14H2,1H3,(H,26,27,28). The lowest BCUT2D eigenvalue weighted by atomic mass is 9.90. The van der Waals surface area contributed by atoms with Gasteiger partial charge in [0, 0.05) is 37.8 Å². The molecule has 0 amide bonds. The van der Waals surface area contributed by atoms with Crippen LogP contribution in [0.3, 0.4) is 0 Å². The predicted octanol–water partition coefficient (Wildman–Crippen LogP) is 3.41. The van der Waals surface area contributed by atoms with E-state index in [1.807, 2.05) is 10.9 Å². The van der Waals surface area contributed by atoms with E-state index in [0.717, 1.165) is 61.6 Å². The number of aromatic nitrogens is 4. The van der Waals surface area contributed by atoms with Crippen molar-refractivity contribution in [1.29, 1.82) is 0 Å². The minimum atomic E-state index is 0.368. The van der Waals surface area contributed by atoms with Crippen LogP contribution in [0, 0.1) is 6.92 Å². The minimum absolute atomic E-state index is 0.368. The molecule has 176 valence electrons. The summed E-state index contributed by atoms with van der Waals surface area (Å²) in [6.45, 7) is 7.58. The van der Waals surface area contributed by atoms with E-state index < -0.39 is 0 Å². The number of aryl methyl sites for hydroxylation is 1. The molecule has 1 N–H and O–H groups in total. The van der Waals surface area contributed by atoms with Gasteiger partial charge >= 0.3 is 0 Å². The Morgan fingerprint density at radius 1 is 1.06 bits per heavy atom. The van der Waals surface area contributed by atoms with E-state index >= 15 is 0 Å². The van der Waals surface area contributed by atoms with Crippen molar-refractivity contribution in [2.75, 3.05) is 44.8 Å². The van der Waals surface area contributed by atoms with Crippen LogP contribution in [0.1, 0.15) is 48.7 Å². The van der Waals surface area contributed by atoms with Crippen LogP contribution in [0.15, 0.2) is 17.8 Å². The first-order chi connectivity index (χ1) is 16.2. The lowest BCUT2D eigenvalue weighted by Gasteiger charge is -2.39. The normalized spacial score (nSPS) is 24.8. The maximum atomic E-state index is 5.53. The van der Waals surface area contributed by atoms with Gasteiger partial charge in [0.15, 0.2) is 0 Å². The Bertz CT molecular complexity index is 1100. The Balaban J connectivity index is 1.17. The van der Waals surface area contributed by atoms with Gasteiger partial charge in [-0.15, -0.1) is 11.3 Å². The van der Waals surface area contributed by atoms with Crippen molar-refractivity contribution in [3.05, 3.63) is 34.7 Å². The summed E-state index contributed by atoms with van der Waals surface area (Å²) in [5, 5.41) is 11.7. The van der Waals surface area contributed by atoms with Crippen molar-refractivity contribution in [1.82, 2.24) is 24.6 Å². The van der Waals surface area contributed by atoms with Crippen LogP contribution < -0.4 is 5.32 Å². The van der Waals surface area contributed by atoms with Crippen molar-refractivity contribution < 1.29 is 9.47 Å². The molecule has 33 heavy (non-hydrogen) atoms. The van der Waals surface area contributed by atoms with Gasteiger partial charge < -0.3 is 14.8 Å². The third-order valence-electron chi connectivity index (χ3n) is 7.28. The molecule has 3 aliphatic rings. The zero-order valence-electron chi connectivity index (χ0n) is 19.2. The van der Waals surface area contributed by atoms with E-state index in [4.69, 9.17) is 19.4 Å². The van der Waals surface area contributed by atoms with E-state index in [1.54, 1.807) is 11.3 Å². The fraction of sp³-hybridized carbons (Fsp3) is 0.625. The highest BCUT2D eigenvalue weighted by atomic mass is 32.1. The molecule has 9 heteroatoms. The summed E-state index contributed by atoms with van der Waals surface area (Å²) >= 11 is 1.71. The average Bonchev–Trinajstić information content (AvgIpc) is 3.40. The van der Waals surface area contributed by atoms with Crippen LogP contribution in [-0.4, -0.2) is 76.2 Å². The zero-order chi connectivity index (χ0) is 22.2. The number of nitrogens with one attached hydrogen (secondary N) is 1. The predicted molar refractivity (Wildman–Crippen MR) is 129 cm³/mol. The fourth-order valence-electron chi connectivity index (χ4n) is 5.26. The second-order valence-corrected chi connectivity index (χ2v) is 10.4. The summed E-state index contributed by atoms with van der Waals surface area (Å²) < 4.78 is 12.8. The Labute approximate surface area is 198 Å². The zero-order valence-corrected chi connectivity index (χ0v) is 20.0. The Morgan fingerprint density at radius 2 is 1.88 bits per heavy atom. The number of anilines is 1. The van der Waals surface area contributed by atoms with Crippen molar-refractivity contribution in [3.8, 4) is 0 Å². The molecular formula is C24H32N6O2S. The van der Waals surface area contributed by atoms with Gasteiger partial charge in [0.1, 0.15) is 16.5 Å². The third-order valence-corrected chi connectivity index (χ3v) is 8.27. The van der Waals surface area contributed by atoms with Crippen LogP contribution in [0.25, 0.3) is 10.2 Å². The molecule has 1 saturated carbocycles. The second-order valence-electron chi connectivity index (χ2n) is 9.58. The molecule has 6 rings (SSSR count). The molecule has 0 unspecified atom stereocenters. The van der Waals surface area contributed by atoms with Crippen LogP contribution in [-0.2, 0) is 15.9 Å². The first-order valence-corrected chi connectivity index (χ1v) is 13.0.